The second-order valence-electron chi connectivity index (χ2n) is 5.43. The highest BCUT2D eigenvalue weighted by atomic mass is 79.9. The lowest BCUT2D eigenvalue weighted by atomic mass is 10.0. The Bertz CT molecular complexity index is 186. The summed E-state index contributed by atoms with van der Waals surface area (Å²) < 4.78 is 0. The molecule has 0 spiro atoms. The van der Waals surface area contributed by atoms with Crippen LogP contribution in [0.3, 0.4) is 0 Å². The van der Waals surface area contributed by atoms with Gasteiger partial charge in [0, 0.05) is 6.42 Å². The Morgan fingerprint density at radius 2 is 1.11 bits per heavy atom. The molecule has 0 aliphatic rings. The van der Waals surface area contributed by atoms with E-state index in [2.05, 4.69) is 6.92 Å². The van der Waals surface area contributed by atoms with Gasteiger partial charge >= 0.3 is 0 Å². The summed E-state index contributed by atoms with van der Waals surface area (Å²) in [6.07, 6.45) is 13.3. The minimum absolute atomic E-state index is 0. The van der Waals surface area contributed by atoms with Gasteiger partial charge < -0.3 is 17.0 Å². The van der Waals surface area contributed by atoms with Gasteiger partial charge in [0.1, 0.15) is 0 Å². The van der Waals surface area contributed by atoms with Crippen molar-refractivity contribution in [1.29, 1.82) is 0 Å². The van der Waals surface area contributed by atoms with E-state index in [0.717, 1.165) is 12.8 Å². The van der Waals surface area contributed by atoms with Crippen LogP contribution in [0.25, 0.3) is 0 Å². The van der Waals surface area contributed by atoms with Crippen LogP contribution in [-0.4, -0.2) is 26.6 Å². The molecule has 0 fully saturated rings. The van der Waals surface area contributed by atoms with Crippen molar-refractivity contribution in [3.63, 3.8) is 0 Å². The normalized spacial score (nSPS) is 13.1. The number of hydrogen-bond acceptors (Lipinski definition) is 3. The lowest BCUT2D eigenvalue weighted by Gasteiger charge is -2.18. The molecule has 0 radical (unpaired) electrons. The fourth-order valence-corrected chi connectivity index (χ4v) is 2.10. The van der Waals surface area contributed by atoms with Crippen LogP contribution in [0, 0.1) is 0 Å². The van der Waals surface area contributed by atoms with Gasteiger partial charge in [0.2, 0.25) is 0 Å². The highest BCUT2D eigenvalue weighted by molar-refractivity contribution is 4.50. The van der Waals surface area contributed by atoms with Crippen molar-refractivity contribution >= 4 is 0 Å². The summed E-state index contributed by atoms with van der Waals surface area (Å²) in [5.74, 6) is 0. The van der Waals surface area contributed by atoms with Crippen LogP contribution in [0.2, 0.25) is 0 Å². The van der Waals surface area contributed by atoms with Crippen molar-refractivity contribution in [2.24, 2.45) is 0 Å². The molecule has 19 heavy (non-hydrogen) atoms. The molecule has 0 aromatic rings. The molecule has 5 heteroatoms. The number of quaternary nitrogens is 1. The smallest absolute Gasteiger partial charge is 0.184 e. The molecule has 0 saturated heterocycles. The third kappa shape index (κ3) is 14.5. The number of hydroxylamine groups is 3. The van der Waals surface area contributed by atoms with E-state index in [1.165, 1.54) is 51.4 Å². The van der Waals surface area contributed by atoms with Crippen molar-refractivity contribution in [2.75, 3.05) is 0 Å². The van der Waals surface area contributed by atoms with Gasteiger partial charge in [-0.25, -0.2) is 0 Å². The highest BCUT2D eigenvalue weighted by Gasteiger charge is 2.28. The second-order valence-corrected chi connectivity index (χ2v) is 5.43. The monoisotopic (exact) mass is 341 g/mol. The Labute approximate surface area is 128 Å². The van der Waals surface area contributed by atoms with E-state index < -0.39 is 11.0 Å². The Morgan fingerprint density at radius 3 is 1.47 bits per heavy atom. The molecule has 0 aliphatic heterocycles. The number of halogens is 1. The van der Waals surface area contributed by atoms with Gasteiger partial charge in [0.15, 0.2) is 6.04 Å². The first kappa shape index (κ1) is 21.6. The summed E-state index contributed by atoms with van der Waals surface area (Å²) in [5, 5.41) is 26.6. The van der Waals surface area contributed by atoms with Crippen LogP contribution >= 0.6 is 0 Å². The number of nitrogens with zero attached hydrogens (tertiary/aromatic N) is 1. The molecule has 0 heterocycles. The molecule has 0 rings (SSSR count). The summed E-state index contributed by atoms with van der Waals surface area (Å²) in [7, 11) is 0. The maximum absolute atomic E-state index is 8.88. The molecule has 1 unspecified atom stereocenters. The molecule has 3 N–H and O–H groups in total. The fraction of sp³-hybridized carbons (Fsp3) is 1.00. The van der Waals surface area contributed by atoms with Crippen molar-refractivity contribution in [3.8, 4) is 0 Å². The summed E-state index contributed by atoms with van der Waals surface area (Å²) in [5.41, 5.74) is 0. The molecular formula is C14H32BrNO3. The molecule has 0 aromatic heterocycles. The quantitative estimate of drug-likeness (QED) is 0.287. The molecule has 4 nitrogen and oxygen atoms in total. The molecule has 0 aromatic carbocycles. The number of unbranched alkanes of at least 4 members (excludes halogenated alkanes) is 9. The Kier molecular flexibility index (Phi) is 15.1. The summed E-state index contributed by atoms with van der Waals surface area (Å²) in [6.45, 7) is 3.87. The first-order valence-electron chi connectivity index (χ1n) is 7.55. The van der Waals surface area contributed by atoms with Gasteiger partial charge in [-0.3, -0.25) is 0 Å². The average Bonchev–Trinajstić information content (AvgIpc) is 2.30. The van der Waals surface area contributed by atoms with Crippen molar-refractivity contribution in [1.82, 2.24) is 0 Å². The van der Waals surface area contributed by atoms with Gasteiger partial charge in [0.25, 0.3) is 0 Å². The molecule has 1 atom stereocenters. The lowest BCUT2D eigenvalue weighted by Crippen LogP contribution is -3.00. The number of hydrogen-bond donors (Lipinski definition) is 3. The van der Waals surface area contributed by atoms with E-state index in [1.807, 2.05) is 0 Å². The zero-order valence-corrected chi connectivity index (χ0v) is 14.1. The highest BCUT2D eigenvalue weighted by Crippen LogP contribution is 2.14. The Balaban J connectivity index is 0. The zero-order chi connectivity index (χ0) is 13.9. The van der Waals surface area contributed by atoms with Gasteiger partial charge in [-0.1, -0.05) is 64.7 Å². The molecule has 0 aliphatic carbocycles. The van der Waals surface area contributed by atoms with E-state index >= 15 is 0 Å². The Morgan fingerprint density at radius 1 is 0.737 bits per heavy atom. The van der Waals surface area contributed by atoms with E-state index in [4.69, 9.17) is 15.6 Å². The van der Waals surface area contributed by atoms with E-state index in [-0.39, 0.29) is 17.0 Å². The molecular weight excluding hydrogens is 310 g/mol. The predicted molar refractivity (Wildman–Crippen MR) is 71.5 cm³/mol. The Hall–Kier alpha value is 0.320. The third-order valence-corrected chi connectivity index (χ3v) is 3.57. The lowest BCUT2D eigenvalue weighted by molar-refractivity contribution is -1.38. The van der Waals surface area contributed by atoms with Crippen LogP contribution < -0.4 is 17.0 Å². The fourth-order valence-electron chi connectivity index (χ4n) is 2.10. The SMILES string of the molecule is CCCCCCCCCCCCC(C)[N+](O)(O)O.[Br-]. The van der Waals surface area contributed by atoms with Crippen LogP contribution in [0.5, 0.6) is 0 Å². The van der Waals surface area contributed by atoms with Crippen LogP contribution in [0.15, 0.2) is 0 Å². The predicted octanol–water partition coefficient (Wildman–Crippen LogP) is 1.67. The van der Waals surface area contributed by atoms with E-state index in [1.54, 1.807) is 6.92 Å². The van der Waals surface area contributed by atoms with Crippen LogP contribution in [0.4, 0.5) is 0 Å². The van der Waals surface area contributed by atoms with Crippen molar-refractivity contribution in [3.05, 3.63) is 0 Å². The van der Waals surface area contributed by atoms with E-state index in [9.17, 15) is 0 Å². The minimum Gasteiger partial charge on any atom is -1.00 e. The topological polar surface area (TPSA) is 60.7 Å². The summed E-state index contributed by atoms with van der Waals surface area (Å²) in [4.78, 5) is -1.89. The first-order chi connectivity index (χ1) is 8.48. The maximum Gasteiger partial charge on any atom is 0.184 e. The molecule has 118 valence electrons. The van der Waals surface area contributed by atoms with Crippen molar-refractivity contribution < 1.29 is 37.6 Å². The summed E-state index contributed by atoms with van der Waals surface area (Å²) >= 11 is 0. The zero-order valence-electron chi connectivity index (χ0n) is 12.5. The van der Waals surface area contributed by atoms with Crippen LogP contribution in [0.1, 0.15) is 84.5 Å². The third-order valence-electron chi connectivity index (χ3n) is 3.57. The molecule has 0 bridgehead atoms. The molecule has 0 saturated carbocycles. The minimum atomic E-state index is -1.89. The van der Waals surface area contributed by atoms with Gasteiger partial charge in [0.05, 0.1) is 4.97 Å². The molecule has 0 amide bonds. The van der Waals surface area contributed by atoms with Gasteiger partial charge in [-0.05, 0) is 13.3 Å². The average molecular weight is 342 g/mol. The van der Waals surface area contributed by atoms with Crippen molar-refractivity contribution in [2.45, 2.75) is 90.5 Å². The van der Waals surface area contributed by atoms with Gasteiger partial charge in [-0.2, -0.15) is 0 Å². The first-order valence-corrected chi connectivity index (χ1v) is 7.55. The van der Waals surface area contributed by atoms with Gasteiger partial charge in [-0.15, -0.1) is 15.6 Å². The van der Waals surface area contributed by atoms with E-state index in [0.29, 0.717) is 6.42 Å². The number of rotatable bonds is 12. The second kappa shape index (κ2) is 13.3. The largest absolute Gasteiger partial charge is 1.00 e. The summed E-state index contributed by atoms with van der Waals surface area (Å²) in [6, 6.07) is -0.529. The maximum atomic E-state index is 8.88. The standard InChI is InChI=1S/C14H32NO3.BrH/c1-3-4-5-6-7-8-9-10-11-12-13-14(2)15(16,17)18;/h14,16-18H,3-13H2,1-2H3;1H/q+1;/p-1. The van der Waals surface area contributed by atoms with Crippen LogP contribution in [-0.2, 0) is 0 Å².